The minimum atomic E-state index is -1.10. The van der Waals surface area contributed by atoms with E-state index in [4.69, 9.17) is 9.47 Å². The van der Waals surface area contributed by atoms with E-state index < -0.39 is 24.0 Å². The molecule has 0 aliphatic carbocycles. The molecule has 3 rings (SSSR count). The molecule has 1 aliphatic heterocycles. The van der Waals surface area contributed by atoms with Crippen molar-refractivity contribution >= 4 is 29.2 Å². The predicted molar refractivity (Wildman–Crippen MR) is 104 cm³/mol. The highest BCUT2D eigenvalue weighted by Crippen LogP contribution is 2.36. The van der Waals surface area contributed by atoms with Gasteiger partial charge in [0, 0.05) is 0 Å². The Morgan fingerprint density at radius 1 is 1.04 bits per heavy atom. The number of para-hydroxylation sites is 3. The lowest BCUT2D eigenvalue weighted by Crippen LogP contribution is -2.59. The number of fused-ring (bicyclic) bond motifs is 1. The van der Waals surface area contributed by atoms with Gasteiger partial charge in [-0.05, 0) is 38.1 Å². The summed E-state index contributed by atoms with van der Waals surface area (Å²) in [6.07, 6.45) is 0.0165. The summed E-state index contributed by atoms with van der Waals surface area (Å²) in [5, 5.41) is 2.79. The standard InChI is InChI=1S/C21H22N2O5/c1-21(2)20(26)22-16-10-6-7-11-17(16)23(21)18(24)14-28-19(25)12-13-27-15-8-4-3-5-9-15/h3-11H,12-14H2,1-2H3,(H,22,26). The van der Waals surface area contributed by atoms with E-state index >= 15 is 0 Å². The number of esters is 1. The molecule has 0 bridgehead atoms. The van der Waals surface area contributed by atoms with Crippen LogP contribution in [0, 0.1) is 0 Å². The predicted octanol–water partition coefficient (Wildman–Crippen LogP) is 2.76. The third kappa shape index (κ3) is 4.14. The van der Waals surface area contributed by atoms with E-state index in [-0.39, 0.29) is 18.9 Å². The minimum absolute atomic E-state index is 0.0165. The lowest BCUT2D eigenvalue weighted by molar-refractivity contribution is -0.148. The molecule has 0 spiro atoms. The Bertz CT molecular complexity index is 879. The summed E-state index contributed by atoms with van der Waals surface area (Å²) in [5.41, 5.74) is 0.0113. The van der Waals surface area contributed by atoms with Crippen molar-refractivity contribution in [3.8, 4) is 5.75 Å². The van der Waals surface area contributed by atoms with Crippen LogP contribution in [0.15, 0.2) is 54.6 Å². The second-order valence-corrected chi connectivity index (χ2v) is 6.83. The first-order chi connectivity index (χ1) is 13.4. The van der Waals surface area contributed by atoms with Gasteiger partial charge in [0.2, 0.25) is 5.91 Å². The number of benzene rings is 2. The van der Waals surface area contributed by atoms with Gasteiger partial charge in [0.05, 0.1) is 24.4 Å². The molecule has 0 fully saturated rings. The number of rotatable bonds is 6. The molecule has 0 radical (unpaired) electrons. The lowest BCUT2D eigenvalue weighted by Gasteiger charge is -2.41. The summed E-state index contributed by atoms with van der Waals surface area (Å²) in [6, 6.07) is 16.1. The van der Waals surface area contributed by atoms with Gasteiger partial charge in [0.15, 0.2) is 6.61 Å². The second-order valence-electron chi connectivity index (χ2n) is 6.83. The van der Waals surface area contributed by atoms with E-state index in [2.05, 4.69) is 5.32 Å². The van der Waals surface area contributed by atoms with Gasteiger partial charge in [-0.3, -0.25) is 19.3 Å². The fourth-order valence-corrected chi connectivity index (χ4v) is 2.95. The summed E-state index contributed by atoms with van der Waals surface area (Å²) < 4.78 is 10.5. The molecule has 1 aliphatic rings. The zero-order chi connectivity index (χ0) is 20.1. The molecule has 2 aromatic rings. The third-order valence-corrected chi connectivity index (χ3v) is 4.43. The van der Waals surface area contributed by atoms with Crippen molar-refractivity contribution in [3.05, 3.63) is 54.6 Å². The number of ether oxygens (including phenoxy) is 2. The van der Waals surface area contributed by atoms with Crippen LogP contribution >= 0.6 is 0 Å². The topological polar surface area (TPSA) is 84.9 Å². The first-order valence-electron chi connectivity index (χ1n) is 8.96. The molecular formula is C21H22N2O5. The molecule has 1 heterocycles. The molecule has 7 heteroatoms. The summed E-state index contributed by atoms with van der Waals surface area (Å²) >= 11 is 0. The van der Waals surface area contributed by atoms with E-state index in [1.807, 2.05) is 18.2 Å². The minimum Gasteiger partial charge on any atom is -0.493 e. The Morgan fingerprint density at radius 3 is 2.46 bits per heavy atom. The SMILES string of the molecule is CC1(C)C(=O)Nc2ccccc2N1C(=O)COC(=O)CCOc1ccccc1. The molecule has 0 saturated carbocycles. The summed E-state index contributed by atoms with van der Waals surface area (Å²) in [6.45, 7) is 2.99. The average molecular weight is 382 g/mol. The number of nitrogens with zero attached hydrogens (tertiary/aromatic N) is 1. The van der Waals surface area contributed by atoms with Gasteiger partial charge in [-0.25, -0.2) is 0 Å². The van der Waals surface area contributed by atoms with Gasteiger partial charge < -0.3 is 14.8 Å². The van der Waals surface area contributed by atoms with Crippen molar-refractivity contribution in [1.29, 1.82) is 0 Å². The van der Waals surface area contributed by atoms with Crippen LogP contribution in [0.1, 0.15) is 20.3 Å². The quantitative estimate of drug-likeness (QED) is 0.777. The van der Waals surface area contributed by atoms with Crippen LogP contribution in [-0.4, -0.2) is 36.5 Å². The van der Waals surface area contributed by atoms with E-state index in [1.54, 1.807) is 50.2 Å². The van der Waals surface area contributed by atoms with Crippen LogP contribution < -0.4 is 15.0 Å². The first kappa shape index (κ1) is 19.4. The zero-order valence-corrected chi connectivity index (χ0v) is 15.8. The van der Waals surface area contributed by atoms with Crippen molar-refractivity contribution in [2.24, 2.45) is 0 Å². The van der Waals surface area contributed by atoms with Crippen molar-refractivity contribution in [2.75, 3.05) is 23.4 Å². The highest BCUT2D eigenvalue weighted by Gasteiger charge is 2.43. The highest BCUT2D eigenvalue weighted by molar-refractivity contribution is 6.14. The van der Waals surface area contributed by atoms with Crippen LogP contribution in [-0.2, 0) is 19.1 Å². The number of anilines is 2. The average Bonchev–Trinajstić information content (AvgIpc) is 2.68. The number of hydrogen-bond donors (Lipinski definition) is 1. The summed E-state index contributed by atoms with van der Waals surface area (Å²) in [4.78, 5) is 38.4. The Hall–Kier alpha value is -3.35. The van der Waals surface area contributed by atoms with E-state index in [9.17, 15) is 14.4 Å². The largest absolute Gasteiger partial charge is 0.493 e. The maximum atomic E-state index is 12.8. The van der Waals surface area contributed by atoms with Gasteiger partial charge in [-0.1, -0.05) is 30.3 Å². The summed E-state index contributed by atoms with van der Waals surface area (Å²) in [7, 11) is 0. The fourth-order valence-electron chi connectivity index (χ4n) is 2.95. The molecule has 0 unspecified atom stereocenters. The smallest absolute Gasteiger partial charge is 0.309 e. The van der Waals surface area contributed by atoms with Crippen molar-refractivity contribution in [3.63, 3.8) is 0 Å². The Kier molecular flexibility index (Phi) is 5.63. The third-order valence-electron chi connectivity index (χ3n) is 4.43. The molecule has 146 valence electrons. The lowest BCUT2D eigenvalue weighted by atomic mass is 9.96. The van der Waals surface area contributed by atoms with Gasteiger partial charge >= 0.3 is 5.97 Å². The summed E-state index contributed by atoms with van der Waals surface area (Å²) in [5.74, 6) is -0.660. The fraction of sp³-hybridized carbons (Fsp3) is 0.286. The monoisotopic (exact) mass is 382 g/mol. The molecule has 1 N–H and O–H groups in total. The van der Waals surface area contributed by atoms with Gasteiger partial charge in [0.1, 0.15) is 11.3 Å². The highest BCUT2D eigenvalue weighted by atomic mass is 16.5. The molecular weight excluding hydrogens is 360 g/mol. The molecule has 0 aromatic heterocycles. The Balaban J connectivity index is 1.58. The normalized spacial score (nSPS) is 14.6. The molecule has 2 aromatic carbocycles. The van der Waals surface area contributed by atoms with Gasteiger partial charge in [-0.2, -0.15) is 0 Å². The van der Waals surface area contributed by atoms with Crippen molar-refractivity contribution in [2.45, 2.75) is 25.8 Å². The molecule has 0 atom stereocenters. The van der Waals surface area contributed by atoms with Crippen LogP contribution in [0.3, 0.4) is 0 Å². The van der Waals surface area contributed by atoms with E-state index in [1.165, 1.54) is 4.90 Å². The zero-order valence-electron chi connectivity index (χ0n) is 15.8. The molecule has 7 nitrogen and oxygen atoms in total. The first-order valence-corrected chi connectivity index (χ1v) is 8.96. The van der Waals surface area contributed by atoms with Gasteiger partial charge in [-0.15, -0.1) is 0 Å². The molecule has 28 heavy (non-hydrogen) atoms. The van der Waals surface area contributed by atoms with Crippen LogP contribution in [0.2, 0.25) is 0 Å². The Morgan fingerprint density at radius 2 is 1.71 bits per heavy atom. The number of carbonyl (C=O) groups excluding carboxylic acids is 3. The van der Waals surface area contributed by atoms with E-state index in [0.29, 0.717) is 17.1 Å². The van der Waals surface area contributed by atoms with Crippen LogP contribution in [0.25, 0.3) is 0 Å². The van der Waals surface area contributed by atoms with Crippen LogP contribution in [0.4, 0.5) is 11.4 Å². The van der Waals surface area contributed by atoms with Gasteiger partial charge in [0.25, 0.3) is 5.91 Å². The second kappa shape index (κ2) is 8.12. The van der Waals surface area contributed by atoms with Crippen molar-refractivity contribution in [1.82, 2.24) is 0 Å². The van der Waals surface area contributed by atoms with E-state index in [0.717, 1.165) is 0 Å². The number of carbonyl (C=O) groups is 3. The number of amides is 2. The maximum absolute atomic E-state index is 12.8. The van der Waals surface area contributed by atoms with Crippen molar-refractivity contribution < 1.29 is 23.9 Å². The maximum Gasteiger partial charge on any atom is 0.309 e. The molecule has 0 saturated heterocycles. The Labute approximate surface area is 163 Å². The molecule has 2 amide bonds. The van der Waals surface area contributed by atoms with Crippen LogP contribution in [0.5, 0.6) is 5.75 Å². The number of hydrogen-bond acceptors (Lipinski definition) is 5. The number of nitrogens with one attached hydrogen (secondary N) is 1.